The molecule has 0 rings (SSSR count). The Morgan fingerprint density at radius 3 is 0.375 bits per heavy atom. The minimum absolute atomic E-state index is 2.67. The summed E-state index contributed by atoms with van der Waals surface area (Å²) in [5.74, 6) is 0. The van der Waals surface area contributed by atoms with Crippen molar-refractivity contribution in [3.05, 3.63) is 0 Å². The van der Waals surface area contributed by atoms with Crippen LogP contribution in [0.25, 0.3) is 0 Å². The summed E-state index contributed by atoms with van der Waals surface area (Å²) in [7, 11) is -26.7. The Morgan fingerprint density at radius 1 is 0.375 bits per heavy atom. The first-order valence-corrected chi connectivity index (χ1v) is 4.23. The van der Waals surface area contributed by atoms with Crippen LogP contribution in [-0.4, -0.2) is 46.5 Å². The highest BCUT2D eigenvalue weighted by Crippen LogP contribution is 2.08. The van der Waals surface area contributed by atoms with Crippen LogP contribution >= 0.6 is 0 Å². The Labute approximate surface area is 121 Å². The van der Waals surface area contributed by atoms with Gasteiger partial charge < -0.3 is 79.1 Å². The fourth-order valence-electron chi connectivity index (χ4n) is 0. The minimum atomic E-state index is -6.00. The zero-order valence-electron chi connectivity index (χ0n) is 10.2. The molecule has 0 aromatic carbocycles. The van der Waals surface area contributed by atoms with Crippen LogP contribution in [-0.2, 0) is 0 Å². The predicted octanol–water partition coefficient (Wildman–Crippen LogP) is 4.13. The molecular formula is H2B5F17O2-4. The summed E-state index contributed by atoms with van der Waals surface area (Å²) in [6.07, 6.45) is 0. The monoisotopic (exact) mass is 412 g/mol. The number of rotatable bonds is 0. The summed E-state index contributed by atoms with van der Waals surface area (Å²) in [5, 5.41) is 13.9. The van der Waals surface area contributed by atoms with Gasteiger partial charge in [0.1, 0.15) is 0 Å². The quantitative estimate of drug-likeness (QED) is 0.465. The van der Waals surface area contributed by atoms with E-state index in [2.05, 4.69) is 0 Å². The molecule has 0 aromatic heterocycles. The van der Waals surface area contributed by atoms with Crippen molar-refractivity contribution in [3.63, 3.8) is 0 Å². The highest BCUT2D eigenvalue weighted by molar-refractivity contribution is 6.50. The fourth-order valence-corrected chi connectivity index (χ4v) is 0. The molecule has 152 valence electrons. The van der Waals surface area contributed by atoms with E-state index in [-0.39, 0.29) is 0 Å². The van der Waals surface area contributed by atoms with Gasteiger partial charge in [0.25, 0.3) is 0 Å². The van der Waals surface area contributed by atoms with Crippen molar-refractivity contribution < 1.29 is 83.4 Å². The van der Waals surface area contributed by atoms with Gasteiger partial charge in [0, 0.05) is 0 Å². The van der Waals surface area contributed by atoms with Gasteiger partial charge in [-0.3, -0.25) is 4.32 Å². The first-order valence-electron chi connectivity index (χ1n) is 4.23. The summed E-state index contributed by atoms with van der Waals surface area (Å²) >= 11 is 0. The molecule has 2 nitrogen and oxygen atoms in total. The molecule has 0 saturated heterocycles. The molecule has 2 N–H and O–H groups in total. The van der Waals surface area contributed by atoms with Gasteiger partial charge in [-0.25, -0.2) is 0 Å². The number of hydrogen-bond donors (Lipinski definition) is 2. The molecule has 0 saturated carbocycles. The SMILES string of the molecule is F[B-](F)(F)F.F[B-](F)(F)F.F[B-](F)(F)F.F[B-](F)(F)F.OB(O)F. The second-order valence-electron chi connectivity index (χ2n) is 2.29. The van der Waals surface area contributed by atoms with E-state index in [1.807, 2.05) is 0 Å². The van der Waals surface area contributed by atoms with Gasteiger partial charge in [0.2, 0.25) is 0 Å². The normalized spacial score (nSPS) is 11.1. The molecule has 0 aliphatic carbocycles. The van der Waals surface area contributed by atoms with Crippen LogP contribution in [0.1, 0.15) is 0 Å². The van der Waals surface area contributed by atoms with E-state index in [9.17, 15) is 73.4 Å². The highest BCUT2D eigenvalue weighted by atomic mass is 19.5. The van der Waals surface area contributed by atoms with E-state index >= 15 is 0 Å². The zero-order chi connectivity index (χ0) is 21.6. The van der Waals surface area contributed by atoms with Crippen molar-refractivity contribution in [1.82, 2.24) is 0 Å². The number of hydrogen-bond acceptors (Lipinski definition) is 2. The molecular weight excluding hydrogens is 409 g/mol. The fraction of sp³-hybridized carbons (Fsp3) is 0. The van der Waals surface area contributed by atoms with E-state index in [0.29, 0.717) is 0 Å². The first kappa shape index (κ1) is 34.4. The third-order valence-electron chi connectivity index (χ3n) is 0. The minimum Gasteiger partial charge on any atom is -0.418 e. The van der Waals surface area contributed by atoms with Crippen LogP contribution in [0, 0.1) is 0 Å². The van der Waals surface area contributed by atoms with Crippen molar-refractivity contribution >= 4 is 36.4 Å². The topological polar surface area (TPSA) is 40.5 Å². The average Bonchev–Trinajstić information content (AvgIpc) is 1.82. The van der Waals surface area contributed by atoms with Crippen molar-refractivity contribution in [2.75, 3.05) is 0 Å². The van der Waals surface area contributed by atoms with Crippen LogP contribution in [0.3, 0.4) is 0 Å². The molecule has 0 heterocycles. The Morgan fingerprint density at radius 2 is 0.375 bits per heavy atom. The maximum Gasteiger partial charge on any atom is 0.674 e. The van der Waals surface area contributed by atoms with Gasteiger partial charge in [-0.15, -0.1) is 0 Å². The van der Waals surface area contributed by atoms with Gasteiger partial charge in [-0.2, -0.15) is 0 Å². The summed E-state index contributed by atoms with van der Waals surface area (Å²) < 4.78 is 166. The lowest BCUT2D eigenvalue weighted by Gasteiger charge is -1.94. The summed E-state index contributed by atoms with van der Waals surface area (Å²) in [6, 6.07) is 0. The molecule has 0 spiro atoms. The van der Waals surface area contributed by atoms with Crippen LogP contribution in [0.4, 0.5) is 73.4 Å². The van der Waals surface area contributed by atoms with Crippen molar-refractivity contribution in [1.29, 1.82) is 0 Å². The lowest BCUT2D eigenvalue weighted by Crippen LogP contribution is -2.02. The molecule has 0 amide bonds. The van der Waals surface area contributed by atoms with E-state index in [1.54, 1.807) is 0 Å². The van der Waals surface area contributed by atoms with Gasteiger partial charge in [0.15, 0.2) is 0 Å². The van der Waals surface area contributed by atoms with Crippen LogP contribution in [0.2, 0.25) is 0 Å². The second kappa shape index (κ2) is 14.4. The Kier molecular flexibility index (Phi) is 20.6. The lowest BCUT2D eigenvalue weighted by atomic mass is 10.3. The molecule has 24 heteroatoms. The second-order valence-corrected chi connectivity index (χ2v) is 2.29. The third-order valence-corrected chi connectivity index (χ3v) is 0. The number of halogens is 17. The van der Waals surface area contributed by atoms with Crippen molar-refractivity contribution in [3.8, 4) is 0 Å². The maximum absolute atomic E-state index is 10.1. The van der Waals surface area contributed by atoms with E-state index in [1.165, 1.54) is 0 Å². The molecule has 0 fully saturated rings. The van der Waals surface area contributed by atoms with Gasteiger partial charge >= 0.3 is 36.4 Å². The van der Waals surface area contributed by atoms with Crippen molar-refractivity contribution in [2.45, 2.75) is 0 Å². The standard InChI is InChI=1S/4BF4.BFH2O2/c4*2-1(3,4)5;2-1(3)4/h;;;;3-4H/q4*-1;. The Bertz CT molecular complexity index is 169. The summed E-state index contributed by atoms with van der Waals surface area (Å²) in [4.78, 5) is 0. The molecule has 0 unspecified atom stereocenters. The van der Waals surface area contributed by atoms with Crippen LogP contribution in [0.15, 0.2) is 0 Å². The highest BCUT2D eigenvalue weighted by Gasteiger charge is 2.21. The van der Waals surface area contributed by atoms with Crippen molar-refractivity contribution in [2.24, 2.45) is 0 Å². The van der Waals surface area contributed by atoms with Gasteiger partial charge in [-0.1, -0.05) is 0 Å². The van der Waals surface area contributed by atoms with E-state index < -0.39 is 36.4 Å². The average molecular weight is 411 g/mol. The smallest absolute Gasteiger partial charge is 0.418 e. The van der Waals surface area contributed by atoms with E-state index in [4.69, 9.17) is 10.0 Å². The molecule has 0 aliphatic heterocycles. The Balaban J connectivity index is -0.0000000628. The van der Waals surface area contributed by atoms with Gasteiger partial charge in [-0.05, 0) is 0 Å². The first-order chi connectivity index (χ1) is 9.73. The van der Waals surface area contributed by atoms with Crippen LogP contribution < -0.4 is 0 Å². The molecule has 0 bridgehead atoms. The van der Waals surface area contributed by atoms with Crippen LogP contribution in [0.5, 0.6) is 0 Å². The lowest BCUT2D eigenvalue weighted by molar-refractivity contribution is 0.339. The molecule has 0 radical (unpaired) electrons. The Hall–Kier alpha value is -0.945. The summed E-state index contributed by atoms with van der Waals surface area (Å²) in [6.45, 7) is 0. The van der Waals surface area contributed by atoms with E-state index in [0.717, 1.165) is 0 Å². The molecule has 0 aliphatic rings. The third kappa shape index (κ3) is 9480. The largest absolute Gasteiger partial charge is 0.674 e. The zero-order valence-corrected chi connectivity index (χ0v) is 10.2. The predicted molar refractivity (Wildman–Crippen MR) is 52.0 cm³/mol. The summed E-state index contributed by atoms with van der Waals surface area (Å²) in [5.41, 5.74) is 0. The molecule has 0 atom stereocenters. The maximum atomic E-state index is 10.1. The molecule has 0 aromatic rings. The molecule has 24 heavy (non-hydrogen) atoms. The van der Waals surface area contributed by atoms with Gasteiger partial charge in [0.05, 0.1) is 0 Å².